The number of anilines is 1. The number of hydrogen-bond donors (Lipinski definition) is 2. The van der Waals surface area contributed by atoms with Gasteiger partial charge in [-0.15, -0.1) is 0 Å². The molecule has 1 aliphatic heterocycles. The van der Waals surface area contributed by atoms with E-state index < -0.39 is 18.4 Å². The van der Waals surface area contributed by atoms with Crippen molar-refractivity contribution in [1.82, 2.24) is 19.5 Å². The van der Waals surface area contributed by atoms with Crippen LogP contribution in [0.25, 0.3) is 21.6 Å². The van der Waals surface area contributed by atoms with Crippen molar-refractivity contribution in [3.8, 4) is 0 Å². The van der Waals surface area contributed by atoms with Crippen molar-refractivity contribution in [2.45, 2.75) is 24.9 Å². The maximum atomic E-state index is 9.91. The van der Waals surface area contributed by atoms with E-state index in [1.54, 1.807) is 10.9 Å². The molecule has 3 heterocycles. The minimum Gasteiger partial charge on any atom is -0.390 e. The molecule has 10 nitrogen and oxygen atoms in total. The van der Waals surface area contributed by atoms with Crippen LogP contribution in [-0.4, -0.2) is 43.4 Å². The van der Waals surface area contributed by atoms with Gasteiger partial charge in [-0.25, -0.2) is 15.0 Å². The molecule has 0 spiro atoms. The molecule has 0 aliphatic carbocycles. The molecule has 3 atom stereocenters. The number of imidazole rings is 1. The Labute approximate surface area is 112 Å². The molecule has 3 N–H and O–H groups in total. The van der Waals surface area contributed by atoms with E-state index in [2.05, 4.69) is 25.0 Å². The number of hydrogen-bond acceptors (Lipinski definition) is 7. The van der Waals surface area contributed by atoms with Gasteiger partial charge in [0.25, 0.3) is 0 Å². The van der Waals surface area contributed by atoms with Gasteiger partial charge in [0.2, 0.25) is 0 Å². The van der Waals surface area contributed by atoms with Gasteiger partial charge in [-0.3, -0.25) is 4.57 Å². The maximum Gasteiger partial charge on any atom is 0.167 e. The molecule has 0 radical (unpaired) electrons. The SMILES string of the molecule is [N-]=[N+]=NC[C@@H]1O[C@H](n2cnc3c(N)ncnc32)C[C@H]1O. The average molecular weight is 276 g/mol. The van der Waals surface area contributed by atoms with Crippen molar-refractivity contribution >= 4 is 17.0 Å². The lowest BCUT2D eigenvalue weighted by molar-refractivity contribution is -0.0114. The van der Waals surface area contributed by atoms with Gasteiger partial charge < -0.3 is 15.6 Å². The summed E-state index contributed by atoms with van der Waals surface area (Å²) in [5.74, 6) is 0.290. The van der Waals surface area contributed by atoms with Crippen molar-refractivity contribution < 1.29 is 9.84 Å². The van der Waals surface area contributed by atoms with Gasteiger partial charge in [0.1, 0.15) is 18.1 Å². The van der Waals surface area contributed by atoms with E-state index in [0.29, 0.717) is 17.6 Å². The molecule has 2 aromatic heterocycles. The Morgan fingerprint density at radius 3 is 3.20 bits per heavy atom. The maximum absolute atomic E-state index is 9.91. The van der Waals surface area contributed by atoms with E-state index in [4.69, 9.17) is 16.0 Å². The summed E-state index contributed by atoms with van der Waals surface area (Å²) >= 11 is 0. The van der Waals surface area contributed by atoms with Gasteiger partial charge in [-0.1, -0.05) is 5.11 Å². The van der Waals surface area contributed by atoms with Crippen molar-refractivity contribution in [2.75, 3.05) is 12.3 Å². The highest BCUT2D eigenvalue weighted by molar-refractivity contribution is 5.81. The van der Waals surface area contributed by atoms with Gasteiger partial charge in [-0.2, -0.15) is 0 Å². The lowest BCUT2D eigenvalue weighted by Crippen LogP contribution is -2.23. The van der Waals surface area contributed by atoms with Crippen molar-refractivity contribution in [2.24, 2.45) is 5.11 Å². The van der Waals surface area contributed by atoms with Crippen LogP contribution in [0.3, 0.4) is 0 Å². The monoisotopic (exact) mass is 276 g/mol. The summed E-state index contributed by atoms with van der Waals surface area (Å²) in [4.78, 5) is 14.8. The number of aromatic nitrogens is 4. The van der Waals surface area contributed by atoms with E-state index in [-0.39, 0.29) is 12.4 Å². The Morgan fingerprint density at radius 2 is 2.40 bits per heavy atom. The largest absolute Gasteiger partial charge is 0.390 e. The van der Waals surface area contributed by atoms with Gasteiger partial charge in [0.05, 0.1) is 25.1 Å². The van der Waals surface area contributed by atoms with Crippen LogP contribution in [0.1, 0.15) is 12.6 Å². The van der Waals surface area contributed by atoms with Gasteiger partial charge in [0, 0.05) is 11.3 Å². The first kappa shape index (κ1) is 12.6. The lowest BCUT2D eigenvalue weighted by Gasteiger charge is -2.13. The van der Waals surface area contributed by atoms with Crippen LogP contribution in [0.15, 0.2) is 17.8 Å². The molecule has 20 heavy (non-hydrogen) atoms. The fourth-order valence-corrected chi connectivity index (χ4v) is 2.25. The van der Waals surface area contributed by atoms with Crippen LogP contribution in [0, 0.1) is 0 Å². The number of aliphatic hydroxyl groups excluding tert-OH is 1. The highest BCUT2D eigenvalue weighted by Gasteiger charge is 2.35. The number of rotatable bonds is 3. The fourth-order valence-electron chi connectivity index (χ4n) is 2.25. The average Bonchev–Trinajstić information content (AvgIpc) is 3.01. The lowest BCUT2D eigenvalue weighted by atomic mass is 10.2. The van der Waals surface area contributed by atoms with Gasteiger partial charge in [0.15, 0.2) is 11.5 Å². The first-order valence-electron chi connectivity index (χ1n) is 5.98. The third-order valence-electron chi connectivity index (χ3n) is 3.23. The van der Waals surface area contributed by atoms with Crippen LogP contribution < -0.4 is 5.73 Å². The number of fused-ring (bicyclic) bond motifs is 1. The summed E-state index contributed by atoms with van der Waals surface area (Å²) in [7, 11) is 0. The number of nitrogens with zero attached hydrogens (tertiary/aromatic N) is 7. The Bertz CT molecular complexity index is 679. The summed E-state index contributed by atoms with van der Waals surface area (Å²) in [6.07, 6.45) is 1.58. The predicted molar refractivity (Wildman–Crippen MR) is 68.3 cm³/mol. The molecule has 1 aliphatic rings. The fraction of sp³-hybridized carbons (Fsp3) is 0.500. The van der Waals surface area contributed by atoms with Crippen LogP contribution in [0.5, 0.6) is 0 Å². The van der Waals surface area contributed by atoms with Crippen molar-refractivity contribution in [3.05, 3.63) is 23.1 Å². The minimum atomic E-state index is -0.706. The van der Waals surface area contributed by atoms with E-state index >= 15 is 0 Å². The third kappa shape index (κ3) is 2.01. The van der Waals surface area contributed by atoms with Crippen LogP contribution in [0.2, 0.25) is 0 Å². The molecule has 2 aromatic rings. The second-order valence-electron chi connectivity index (χ2n) is 4.43. The molecule has 3 rings (SSSR count). The molecule has 0 aromatic carbocycles. The molecule has 0 saturated carbocycles. The highest BCUT2D eigenvalue weighted by atomic mass is 16.5. The minimum absolute atomic E-state index is 0.0813. The Balaban J connectivity index is 1.89. The van der Waals surface area contributed by atoms with E-state index in [9.17, 15) is 5.11 Å². The summed E-state index contributed by atoms with van der Waals surface area (Å²) in [6.45, 7) is 0.0813. The van der Waals surface area contributed by atoms with Crippen molar-refractivity contribution in [3.63, 3.8) is 0 Å². The van der Waals surface area contributed by atoms with Crippen LogP contribution in [0.4, 0.5) is 5.82 Å². The van der Waals surface area contributed by atoms with Crippen molar-refractivity contribution in [1.29, 1.82) is 0 Å². The summed E-state index contributed by atoms with van der Waals surface area (Å²) < 4.78 is 7.36. The van der Waals surface area contributed by atoms with Crippen LogP contribution in [-0.2, 0) is 4.74 Å². The highest BCUT2D eigenvalue weighted by Crippen LogP contribution is 2.31. The number of aliphatic hydroxyl groups is 1. The molecule has 10 heteroatoms. The quantitative estimate of drug-likeness (QED) is 0.470. The Kier molecular flexibility index (Phi) is 3.11. The molecule has 1 fully saturated rings. The first-order valence-corrected chi connectivity index (χ1v) is 5.98. The van der Waals surface area contributed by atoms with E-state index in [1.165, 1.54) is 6.33 Å². The van der Waals surface area contributed by atoms with Crippen LogP contribution >= 0.6 is 0 Å². The Morgan fingerprint density at radius 1 is 1.55 bits per heavy atom. The van der Waals surface area contributed by atoms with E-state index in [0.717, 1.165) is 0 Å². The summed E-state index contributed by atoms with van der Waals surface area (Å²) in [6, 6.07) is 0. The topological polar surface area (TPSA) is 148 Å². The van der Waals surface area contributed by atoms with Gasteiger partial charge in [-0.05, 0) is 5.53 Å². The zero-order chi connectivity index (χ0) is 14.1. The third-order valence-corrected chi connectivity index (χ3v) is 3.23. The molecule has 0 bridgehead atoms. The summed E-state index contributed by atoms with van der Waals surface area (Å²) in [5, 5.41) is 13.3. The van der Waals surface area contributed by atoms with E-state index in [1.807, 2.05) is 0 Å². The predicted octanol–water partition coefficient (Wildman–Crippen LogP) is 0.367. The first-order chi connectivity index (χ1) is 9.70. The second kappa shape index (κ2) is 4.93. The normalized spacial score (nSPS) is 25.8. The smallest absolute Gasteiger partial charge is 0.167 e. The summed E-state index contributed by atoms with van der Waals surface area (Å²) in [5.41, 5.74) is 15.1. The molecular formula is C10H12N8O2. The molecule has 0 unspecified atom stereocenters. The van der Waals surface area contributed by atoms with Gasteiger partial charge >= 0.3 is 0 Å². The molecule has 0 amide bonds. The standard InChI is InChI=1S/C10H12N8O2/c11-9-8-10(14-3-13-9)18(4-15-8)7-1-5(19)6(20-7)2-16-17-12/h3-7,19H,1-2H2,(H2,11,13,14)/t5-,6+,7+/m1/s1. The Hall–Kier alpha value is -2.42. The zero-order valence-corrected chi connectivity index (χ0v) is 10.4. The number of nitrogens with two attached hydrogens (primary N) is 1. The molecule has 1 saturated heterocycles. The second-order valence-corrected chi connectivity index (χ2v) is 4.43. The number of nitrogen functional groups attached to an aromatic ring is 1. The zero-order valence-electron chi connectivity index (χ0n) is 10.4. The number of ether oxygens (including phenoxy) is 1. The molecular weight excluding hydrogens is 264 g/mol. The molecule has 104 valence electrons. The number of azide groups is 1.